The molecule has 0 heterocycles. The Bertz CT molecular complexity index is 22.8. The Labute approximate surface area is 31.6 Å². The SMILES string of the molecule is C.O=COO.[HH]. The van der Waals surface area contributed by atoms with Gasteiger partial charge in [0.15, 0.2) is 0 Å². The van der Waals surface area contributed by atoms with E-state index in [2.05, 4.69) is 4.89 Å². The van der Waals surface area contributed by atoms with E-state index in [1.54, 1.807) is 0 Å². The van der Waals surface area contributed by atoms with Crippen molar-refractivity contribution in [3.05, 3.63) is 0 Å². The predicted molar refractivity (Wildman–Crippen MR) is 18.6 cm³/mol. The van der Waals surface area contributed by atoms with Crippen molar-refractivity contribution in [2.75, 3.05) is 0 Å². The van der Waals surface area contributed by atoms with Crippen LogP contribution >= 0.6 is 0 Å². The maximum absolute atomic E-state index is 8.70. The molecule has 0 saturated heterocycles. The van der Waals surface area contributed by atoms with E-state index in [0.29, 0.717) is 0 Å². The Morgan fingerprint density at radius 1 is 2.00 bits per heavy atom. The normalized spacial score (nSPS) is 4.20. The van der Waals surface area contributed by atoms with E-state index in [-0.39, 0.29) is 15.3 Å². The molecule has 0 saturated carbocycles. The number of hydrogen-bond donors (Lipinski definition) is 1. The minimum Gasteiger partial charge on any atom is -0.304 e. The molecule has 0 aromatic heterocycles. The van der Waals surface area contributed by atoms with Crippen LogP contribution in [0.4, 0.5) is 0 Å². The van der Waals surface area contributed by atoms with Crippen molar-refractivity contribution in [1.82, 2.24) is 0 Å². The van der Waals surface area contributed by atoms with Gasteiger partial charge in [-0.15, -0.1) is 0 Å². The number of hydrogen-bond acceptors (Lipinski definition) is 3. The highest BCUT2D eigenvalue weighted by molar-refractivity contribution is 5.35. The molecule has 0 unspecified atom stereocenters. The van der Waals surface area contributed by atoms with Crippen molar-refractivity contribution in [3.63, 3.8) is 0 Å². The molecule has 0 fully saturated rings. The topological polar surface area (TPSA) is 46.5 Å². The number of carbonyl (C=O) groups excluding carboxylic acids is 1. The first-order valence-corrected chi connectivity index (χ1v) is 0.654. The summed E-state index contributed by atoms with van der Waals surface area (Å²) in [6.07, 6.45) is 0. The summed E-state index contributed by atoms with van der Waals surface area (Å²) in [5.74, 6) is 0. The van der Waals surface area contributed by atoms with Crippen molar-refractivity contribution < 1.29 is 16.4 Å². The lowest BCUT2D eigenvalue weighted by Crippen LogP contribution is -1.69. The first kappa shape index (κ1) is 8.83. The van der Waals surface area contributed by atoms with Crippen molar-refractivity contribution in [2.45, 2.75) is 7.43 Å². The van der Waals surface area contributed by atoms with Gasteiger partial charge in [0.05, 0.1) is 0 Å². The molecule has 0 spiro atoms. The van der Waals surface area contributed by atoms with Crippen LogP contribution in [0.1, 0.15) is 8.85 Å². The molecule has 0 bridgehead atoms. The third-order valence-corrected chi connectivity index (χ3v) is 0.0430. The van der Waals surface area contributed by atoms with E-state index in [0.717, 1.165) is 0 Å². The second kappa shape index (κ2) is 9.90. The summed E-state index contributed by atoms with van der Waals surface area (Å²) in [6, 6.07) is 0. The van der Waals surface area contributed by atoms with Crippen LogP contribution in [0.15, 0.2) is 0 Å². The molecular weight excluding hydrogens is 72.0 g/mol. The molecule has 0 aliphatic heterocycles. The fourth-order valence-electron chi connectivity index (χ4n) is 0. The van der Waals surface area contributed by atoms with Crippen LogP contribution in [0.2, 0.25) is 0 Å². The minimum absolute atomic E-state index is 0. The highest BCUT2D eigenvalue weighted by Gasteiger charge is 1.47. The fourth-order valence-corrected chi connectivity index (χ4v) is 0. The minimum atomic E-state index is -0.0694. The molecule has 0 amide bonds. The van der Waals surface area contributed by atoms with Crippen molar-refractivity contribution >= 4 is 6.47 Å². The van der Waals surface area contributed by atoms with Crippen molar-refractivity contribution in [2.24, 2.45) is 0 Å². The zero-order valence-electron chi connectivity index (χ0n) is 1.84. The fraction of sp³-hybridized carbons (Fsp3) is 0.500. The maximum Gasteiger partial charge on any atom is 0.330 e. The predicted octanol–water partition coefficient (Wildman–Crippen LogP) is 0.514. The molecule has 3 nitrogen and oxygen atoms in total. The Morgan fingerprint density at radius 3 is 2.20 bits per heavy atom. The summed E-state index contributed by atoms with van der Waals surface area (Å²) in [5, 5.41) is 7.01. The van der Waals surface area contributed by atoms with Crippen molar-refractivity contribution in [3.8, 4) is 0 Å². The van der Waals surface area contributed by atoms with E-state index in [1.807, 2.05) is 0 Å². The quantitative estimate of drug-likeness (QED) is 0.283. The van der Waals surface area contributed by atoms with Crippen LogP contribution in [0.5, 0.6) is 0 Å². The van der Waals surface area contributed by atoms with Crippen LogP contribution in [0.25, 0.3) is 0 Å². The van der Waals surface area contributed by atoms with Crippen LogP contribution < -0.4 is 0 Å². The van der Waals surface area contributed by atoms with Gasteiger partial charge in [0.2, 0.25) is 0 Å². The Kier molecular flexibility index (Phi) is 17.5. The van der Waals surface area contributed by atoms with Gasteiger partial charge in [0, 0.05) is 1.43 Å². The lowest BCUT2D eigenvalue weighted by molar-refractivity contribution is -0.217. The van der Waals surface area contributed by atoms with Gasteiger partial charge in [-0.05, 0) is 0 Å². The largest absolute Gasteiger partial charge is 0.330 e. The first-order valence-electron chi connectivity index (χ1n) is 0.654. The molecule has 3 heteroatoms. The van der Waals surface area contributed by atoms with Crippen LogP contribution in [0, 0.1) is 0 Å². The summed E-state index contributed by atoms with van der Waals surface area (Å²) >= 11 is 0. The molecule has 0 radical (unpaired) electrons. The average molecular weight is 80.1 g/mol. The average Bonchev–Trinajstić information content (AvgIpc) is 1.37. The van der Waals surface area contributed by atoms with E-state index in [1.165, 1.54) is 0 Å². The third-order valence-electron chi connectivity index (χ3n) is 0.0430. The van der Waals surface area contributed by atoms with Gasteiger partial charge in [0.1, 0.15) is 0 Å². The van der Waals surface area contributed by atoms with Crippen LogP contribution in [-0.4, -0.2) is 11.7 Å². The van der Waals surface area contributed by atoms with Crippen molar-refractivity contribution in [1.29, 1.82) is 0 Å². The molecule has 0 aliphatic rings. The van der Waals surface area contributed by atoms with E-state index < -0.39 is 0 Å². The highest BCUT2D eigenvalue weighted by atomic mass is 17.1. The number of carbonyl (C=O) groups is 1. The molecule has 1 N–H and O–H groups in total. The molecule has 0 atom stereocenters. The second-order valence-corrected chi connectivity index (χ2v) is 0.202. The Morgan fingerprint density at radius 2 is 2.20 bits per heavy atom. The zero-order valence-corrected chi connectivity index (χ0v) is 1.84. The highest BCUT2D eigenvalue weighted by Crippen LogP contribution is 1.33. The molecule has 5 heavy (non-hydrogen) atoms. The molecule has 0 rings (SSSR count). The molecule has 0 aromatic carbocycles. The van der Waals surface area contributed by atoms with E-state index in [4.69, 9.17) is 10.1 Å². The summed E-state index contributed by atoms with van der Waals surface area (Å²) in [5.41, 5.74) is 0. The molecule has 34 valence electrons. The lowest BCUT2D eigenvalue weighted by atomic mass is 11.7. The standard InChI is InChI=1S/CH2O3.CH4.H2/c2-1-4-3;;/h1,3H;1H4;1H. The van der Waals surface area contributed by atoms with Crippen LogP contribution in [0.3, 0.4) is 0 Å². The lowest BCUT2D eigenvalue weighted by Gasteiger charge is -1.63. The Balaban J connectivity index is -0.0000000450. The Hall–Kier alpha value is -0.570. The van der Waals surface area contributed by atoms with Gasteiger partial charge >= 0.3 is 6.47 Å². The zero-order chi connectivity index (χ0) is 3.41. The van der Waals surface area contributed by atoms with Gasteiger partial charge in [-0.3, -0.25) is 4.79 Å². The summed E-state index contributed by atoms with van der Waals surface area (Å²) in [6.45, 7) is -0.0694. The first-order chi connectivity index (χ1) is 1.91. The van der Waals surface area contributed by atoms with E-state index in [9.17, 15) is 0 Å². The van der Waals surface area contributed by atoms with Gasteiger partial charge in [-0.2, -0.15) is 0 Å². The number of rotatable bonds is 1. The second-order valence-electron chi connectivity index (χ2n) is 0.202. The van der Waals surface area contributed by atoms with Gasteiger partial charge in [-0.1, -0.05) is 7.43 Å². The van der Waals surface area contributed by atoms with E-state index >= 15 is 0 Å². The molecule has 0 aromatic rings. The van der Waals surface area contributed by atoms with Gasteiger partial charge in [-0.25, -0.2) is 5.26 Å². The summed E-state index contributed by atoms with van der Waals surface area (Å²) in [4.78, 5) is 11.6. The van der Waals surface area contributed by atoms with Crippen LogP contribution in [-0.2, 0) is 9.68 Å². The third kappa shape index (κ3) is 37.9. The monoisotopic (exact) mass is 80.0 g/mol. The molecule has 0 aliphatic carbocycles. The van der Waals surface area contributed by atoms with Gasteiger partial charge in [0.25, 0.3) is 0 Å². The maximum atomic E-state index is 8.70. The molecular formula is C2H8O3. The summed E-state index contributed by atoms with van der Waals surface area (Å²) < 4.78 is 0. The smallest absolute Gasteiger partial charge is 0.304 e. The van der Waals surface area contributed by atoms with Gasteiger partial charge < -0.3 is 4.89 Å². The summed E-state index contributed by atoms with van der Waals surface area (Å²) in [7, 11) is 0.